The molecule has 0 aliphatic carbocycles. The summed E-state index contributed by atoms with van der Waals surface area (Å²) in [5.74, 6) is -0.402. The predicted octanol–water partition coefficient (Wildman–Crippen LogP) is 3.37. The number of nitrogens with two attached hydrogens (primary N) is 1. The van der Waals surface area contributed by atoms with E-state index in [1.54, 1.807) is 12.1 Å². The van der Waals surface area contributed by atoms with Crippen molar-refractivity contribution in [2.24, 2.45) is 5.73 Å². The molecule has 1 aliphatic rings. The van der Waals surface area contributed by atoms with Gasteiger partial charge in [-0.2, -0.15) is 0 Å². The van der Waals surface area contributed by atoms with Crippen LogP contribution in [0.4, 0.5) is 22.7 Å². The summed E-state index contributed by atoms with van der Waals surface area (Å²) in [6.45, 7) is 0. The van der Waals surface area contributed by atoms with Crippen molar-refractivity contribution in [3.8, 4) is 0 Å². The number of rotatable bonds is 4. The van der Waals surface area contributed by atoms with Gasteiger partial charge in [-0.25, -0.2) is 5.01 Å². The van der Waals surface area contributed by atoms with Crippen molar-refractivity contribution in [2.45, 2.75) is 6.23 Å². The number of anilines is 4. The lowest BCUT2D eigenvalue weighted by Gasteiger charge is -2.34. The van der Waals surface area contributed by atoms with E-state index in [1.165, 1.54) is 0 Å². The minimum atomic E-state index is -1.19. The Morgan fingerprint density at radius 3 is 2.00 bits per heavy atom. The fourth-order valence-electron chi connectivity index (χ4n) is 3.13. The van der Waals surface area contributed by atoms with Crippen LogP contribution in [0.25, 0.3) is 0 Å². The van der Waals surface area contributed by atoms with Crippen molar-refractivity contribution in [3.63, 3.8) is 0 Å². The van der Waals surface area contributed by atoms with Crippen molar-refractivity contribution in [1.29, 1.82) is 0 Å². The summed E-state index contributed by atoms with van der Waals surface area (Å²) in [6.07, 6.45) is -1.19. The summed E-state index contributed by atoms with van der Waals surface area (Å²) >= 11 is 4.93. The zero-order valence-corrected chi connectivity index (χ0v) is 16.1. The first-order chi connectivity index (χ1) is 14.0. The highest BCUT2D eigenvalue weighted by Crippen LogP contribution is 2.36. The van der Waals surface area contributed by atoms with Gasteiger partial charge in [-0.05, 0) is 48.6 Å². The first-order valence-corrected chi connectivity index (χ1v) is 9.33. The molecule has 0 radical (unpaired) electrons. The second kappa shape index (κ2) is 7.78. The Morgan fingerprint density at radius 1 is 0.966 bits per heavy atom. The van der Waals surface area contributed by atoms with Crippen LogP contribution in [0.3, 0.4) is 0 Å². The number of hydrazine groups is 1. The van der Waals surface area contributed by atoms with Gasteiger partial charge in [-0.3, -0.25) is 10.2 Å². The molecule has 6 N–H and O–H groups in total. The lowest BCUT2D eigenvalue weighted by molar-refractivity contribution is 0.0111. The highest BCUT2D eigenvalue weighted by molar-refractivity contribution is 7.80. The molecule has 0 bridgehead atoms. The summed E-state index contributed by atoms with van der Waals surface area (Å²) in [5, 5.41) is 18.3. The maximum absolute atomic E-state index is 12.6. The number of nitrogens with zero attached hydrogens (tertiary/aromatic N) is 1. The summed E-state index contributed by atoms with van der Waals surface area (Å²) in [6, 6.07) is 22.7. The molecule has 1 unspecified atom stereocenters. The number of hydrogen-bond donors (Lipinski definition) is 5. The Hall–Kier alpha value is -3.62. The van der Waals surface area contributed by atoms with Crippen LogP contribution >= 0.6 is 12.2 Å². The van der Waals surface area contributed by atoms with Crippen molar-refractivity contribution in [1.82, 2.24) is 10.4 Å². The van der Waals surface area contributed by atoms with E-state index in [1.807, 2.05) is 60.7 Å². The molecule has 0 saturated heterocycles. The lowest BCUT2D eigenvalue weighted by Crippen LogP contribution is -2.54. The molecule has 1 heterocycles. The highest BCUT2D eigenvalue weighted by Gasteiger charge is 2.32. The minimum absolute atomic E-state index is 0.124. The first-order valence-electron chi connectivity index (χ1n) is 8.93. The monoisotopic (exact) mass is 405 g/mol. The quantitative estimate of drug-likeness (QED) is 0.424. The number of hydrogen-bond acceptors (Lipinski definition) is 5. The van der Waals surface area contributed by atoms with Gasteiger partial charge in [0.05, 0.1) is 16.9 Å². The molecule has 29 heavy (non-hydrogen) atoms. The third-order valence-electron chi connectivity index (χ3n) is 4.52. The second-order valence-corrected chi connectivity index (χ2v) is 6.91. The summed E-state index contributed by atoms with van der Waals surface area (Å²) < 4.78 is 0. The van der Waals surface area contributed by atoms with Crippen molar-refractivity contribution in [3.05, 3.63) is 83.9 Å². The largest absolute Gasteiger partial charge is 0.375 e. The molecule has 4 rings (SSSR count). The maximum Gasteiger partial charge on any atom is 0.270 e. The SMILES string of the molecule is NC(=S)N1NC(=O)c2cc(Nc3ccccc3)c(Nc3ccccc3)cc2C1O. The van der Waals surface area contributed by atoms with Gasteiger partial charge in [-0.1, -0.05) is 36.4 Å². The van der Waals surface area contributed by atoms with Crippen LogP contribution in [-0.4, -0.2) is 21.1 Å². The summed E-state index contributed by atoms with van der Waals surface area (Å²) in [4.78, 5) is 12.6. The molecule has 3 aromatic rings. The molecule has 146 valence electrons. The van der Waals surface area contributed by atoms with Gasteiger partial charge in [0.2, 0.25) is 0 Å². The van der Waals surface area contributed by atoms with E-state index in [4.69, 9.17) is 18.0 Å². The van der Waals surface area contributed by atoms with E-state index in [0.29, 0.717) is 22.5 Å². The number of nitrogens with one attached hydrogen (secondary N) is 3. The molecular weight excluding hydrogens is 386 g/mol. The number of para-hydroxylation sites is 2. The van der Waals surface area contributed by atoms with Crippen LogP contribution in [0.2, 0.25) is 0 Å². The fourth-order valence-corrected chi connectivity index (χ4v) is 3.28. The van der Waals surface area contributed by atoms with Crippen LogP contribution in [0, 0.1) is 0 Å². The van der Waals surface area contributed by atoms with Crippen molar-refractivity contribution >= 4 is 46.0 Å². The van der Waals surface area contributed by atoms with Crippen LogP contribution in [0.5, 0.6) is 0 Å². The Morgan fingerprint density at radius 2 is 1.48 bits per heavy atom. The Balaban J connectivity index is 1.80. The average molecular weight is 405 g/mol. The van der Waals surface area contributed by atoms with Gasteiger partial charge in [0, 0.05) is 16.9 Å². The van der Waals surface area contributed by atoms with E-state index in [9.17, 15) is 9.90 Å². The van der Waals surface area contributed by atoms with Crippen LogP contribution in [0.1, 0.15) is 22.1 Å². The number of benzene rings is 3. The van der Waals surface area contributed by atoms with Crippen molar-refractivity contribution < 1.29 is 9.90 Å². The van der Waals surface area contributed by atoms with Gasteiger partial charge in [0.15, 0.2) is 11.3 Å². The molecule has 0 saturated carbocycles. The molecule has 0 fully saturated rings. The van der Waals surface area contributed by atoms with E-state index >= 15 is 0 Å². The molecule has 1 amide bonds. The number of amides is 1. The molecule has 7 nitrogen and oxygen atoms in total. The Kier molecular flexibility index (Phi) is 5.03. The zero-order chi connectivity index (χ0) is 20.4. The van der Waals surface area contributed by atoms with E-state index in [0.717, 1.165) is 16.4 Å². The number of thiocarbonyl (C=S) groups is 1. The fraction of sp³-hybridized carbons (Fsp3) is 0.0476. The first kappa shape index (κ1) is 18.7. The summed E-state index contributed by atoms with van der Waals surface area (Å²) in [7, 11) is 0. The van der Waals surface area contributed by atoms with E-state index in [-0.39, 0.29) is 5.11 Å². The molecule has 3 aromatic carbocycles. The zero-order valence-electron chi connectivity index (χ0n) is 15.3. The van der Waals surface area contributed by atoms with Gasteiger partial charge in [0.25, 0.3) is 5.91 Å². The highest BCUT2D eigenvalue weighted by atomic mass is 32.1. The number of carbonyl (C=O) groups is 1. The average Bonchev–Trinajstić information content (AvgIpc) is 2.73. The van der Waals surface area contributed by atoms with Crippen LogP contribution in [0.15, 0.2) is 72.8 Å². The third-order valence-corrected chi connectivity index (χ3v) is 4.72. The standard InChI is InChI=1S/C21H19N5O2S/c22-21(29)26-20(28)16-12-18(24-14-9-5-2-6-10-14)17(11-15(16)19(27)25-26)23-13-7-3-1-4-8-13/h1-12,20,23-24,28H,(H2,22,29)(H,25,27). The predicted molar refractivity (Wildman–Crippen MR) is 117 cm³/mol. The molecule has 1 atom stereocenters. The van der Waals surface area contributed by atoms with Gasteiger partial charge >= 0.3 is 0 Å². The number of aliphatic hydroxyl groups is 1. The molecule has 1 aliphatic heterocycles. The van der Waals surface area contributed by atoms with Gasteiger partial charge in [0.1, 0.15) is 0 Å². The summed E-state index contributed by atoms with van der Waals surface area (Å²) in [5.41, 5.74) is 12.0. The van der Waals surface area contributed by atoms with Gasteiger partial charge in [-0.15, -0.1) is 0 Å². The Labute approximate surface area is 173 Å². The lowest BCUT2D eigenvalue weighted by atomic mass is 10.0. The van der Waals surface area contributed by atoms with Crippen LogP contribution < -0.4 is 21.8 Å². The number of fused-ring (bicyclic) bond motifs is 1. The van der Waals surface area contributed by atoms with E-state index < -0.39 is 12.1 Å². The minimum Gasteiger partial charge on any atom is -0.375 e. The van der Waals surface area contributed by atoms with Crippen LogP contribution in [-0.2, 0) is 0 Å². The van der Waals surface area contributed by atoms with E-state index in [2.05, 4.69) is 16.1 Å². The topological polar surface area (TPSA) is 103 Å². The normalized spacial score (nSPS) is 15.3. The number of aliphatic hydroxyl groups excluding tert-OH is 1. The third kappa shape index (κ3) is 3.84. The smallest absolute Gasteiger partial charge is 0.270 e. The molecule has 0 spiro atoms. The molecule has 0 aromatic heterocycles. The maximum atomic E-state index is 12.6. The van der Waals surface area contributed by atoms with Crippen molar-refractivity contribution in [2.75, 3.05) is 10.6 Å². The second-order valence-electron chi connectivity index (χ2n) is 6.49. The van der Waals surface area contributed by atoms with Gasteiger partial charge < -0.3 is 21.5 Å². The number of carbonyl (C=O) groups excluding carboxylic acids is 1. The molecular formula is C21H19N5O2S. The molecule has 8 heteroatoms. The Bertz CT molecular complexity index is 1060.